The van der Waals surface area contributed by atoms with Crippen molar-refractivity contribution >= 4 is 34.2 Å². The molecule has 1 aliphatic heterocycles. The fraction of sp³-hybridized carbons (Fsp3) is 0.500. The van der Waals surface area contributed by atoms with Gasteiger partial charge in [-0.2, -0.15) is 0 Å². The number of halogens is 2. The lowest BCUT2D eigenvalue weighted by Crippen LogP contribution is -2.26. The van der Waals surface area contributed by atoms with Crippen LogP contribution in [0.25, 0.3) is 10.9 Å². The van der Waals surface area contributed by atoms with Crippen LogP contribution in [0.15, 0.2) is 17.1 Å². The predicted molar refractivity (Wildman–Crippen MR) is 109 cm³/mol. The van der Waals surface area contributed by atoms with Crippen LogP contribution in [-0.4, -0.2) is 35.8 Å². The molecule has 2 heterocycles. The SMILES string of the molecule is CN.O=C(O)c1cn(C2CC2)c2c(Cl)c(N3CCCCCC3)c(F)cc2c1=O. The van der Waals surface area contributed by atoms with Gasteiger partial charge in [0.2, 0.25) is 5.43 Å². The molecule has 4 rings (SSSR count). The Morgan fingerprint density at radius 3 is 2.36 bits per heavy atom. The first-order valence-corrected chi connectivity index (χ1v) is 9.99. The molecule has 1 aromatic carbocycles. The van der Waals surface area contributed by atoms with E-state index in [-0.39, 0.29) is 22.0 Å². The number of rotatable bonds is 3. The van der Waals surface area contributed by atoms with Crippen molar-refractivity contribution in [1.29, 1.82) is 0 Å². The smallest absolute Gasteiger partial charge is 0.341 e. The lowest BCUT2D eigenvalue weighted by atomic mass is 10.1. The van der Waals surface area contributed by atoms with Gasteiger partial charge in [0.1, 0.15) is 11.4 Å². The summed E-state index contributed by atoms with van der Waals surface area (Å²) in [5, 5.41) is 9.58. The normalized spacial score (nSPS) is 17.1. The summed E-state index contributed by atoms with van der Waals surface area (Å²) in [4.78, 5) is 26.0. The van der Waals surface area contributed by atoms with E-state index in [2.05, 4.69) is 5.73 Å². The summed E-state index contributed by atoms with van der Waals surface area (Å²) >= 11 is 6.63. The topological polar surface area (TPSA) is 88.6 Å². The molecule has 0 spiro atoms. The molecule has 1 aromatic heterocycles. The summed E-state index contributed by atoms with van der Waals surface area (Å²) in [5.41, 5.74) is 4.25. The number of benzene rings is 1. The van der Waals surface area contributed by atoms with E-state index in [0.29, 0.717) is 11.2 Å². The fourth-order valence-corrected chi connectivity index (χ4v) is 4.22. The molecule has 2 aromatic rings. The number of carboxylic acids is 1. The van der Waals surface area contributed by atoms with Gasteiger partial charge in [0.15, 0.2) is 0 Å². The van der Waals surface area contributed by atoms with Crippen molar-refractivity contribution in [2.24, 2.45) is 5.73 Å². The molecule has 2 fully saturated rings. The van der Waals surface area contributed by atoms with Crippen LogP contribution in [0.5, 0.6) is 0 Å². The summed E-state index contributed by atoms with van der Waals surface area (Å²) in [6, 6.07) is 1.27. The van der Waals surface area contributed by atoms with Crippen molar-refractivity contribution in [3.05, 3.63) is 38.9 Å². The van der Waals surface area contributed by atoms with E-state index in [1.165, 1.54) is 13.2 Å². The quantitative estimate of drug-likeness (QED) is 0.805. The third kappa shape index (κ3) is 3.73. The second kappa shape index (κ2) is 8.49. The van der Waals surface area contributed by atoms with Crippen LogP contribution in [0, 0.1) is 5.82 Å². The summed E-state index contributed by atoms with van der Waals surface area (Å²) in [6.07, 6.45) is 7.31. The first-order chi connectivity index (χ1) is 13.5. The number of hydrogen-bond donors (Lipinski definition) is 2. The highest BCUT2D eigenvalue weighted by molar-refractivity contribution is 6.38. The Labute approximate surface area is 167 Å². The maximum atomic E-state index is 14.9. The molecule has 6 nitrogen and oxygen atoms in total. The third-order valence-electron chi connectivity index (χ3n) is 5.28. The first kappa shape index (κ1) is 20.6. The van der Waals surface area contributed by atoms with E-state index in [4.69, 9.17) is 11.6 Å². The summed E-state index contributed by atoms with van der Waals surface area (Å²) in [7, 11) is 1.50. The Hall–Kier alpha value is -2.12. The van der Waals surface area contributed by atoms with Gasteiger partial charge in [0.05, 0.1) is 21.6 Å². The molecule has 28 heavy (non-hydrogen) atoms. The van der Waals surface area contributed by atoms with Gasteiger partial charge in [-0.25, -0.2) is 9.18 Å². The number of aromatic carboxylic acids is 1. The van der Waals surface area contributed by atoms with Crippen molar-refractivity contribution in [2.75, 3.05) is 25.0 Å². The lowest BCUT2D eigenvalue weighted by molar-refractivity contribution is 0.0695. The zero-order chi connectivity index (χ0) is 20.4. The number of hydrogen-bond acceptors (Lipinski definition) is 4. The number of aromatic nitrogens is 1. The minimum absolute atomic E-state index is 0.0397. The number of nitrogens with zero attached hydrogens (tertiary/aromatic N) is 2. The molecule has 0 radical (unpaired) electrons. The highest BCUT2D eigenvalue weighted by Gasteiger charge is 2.30. The molecular weight excluding hydrogens is 385 g/mol. The number of nitrogens with two attached hydrogens (primary N) is 1. The van der Waals surface area contributed by atoms with Gasteiger partial charge in [0, 0.05) is 25.3 Å². The van der Waals surface area contributed by atoms with Gasteiger partial charge in [-0.15, -0.1) is 0 Å². The van der Waals surface area contributed by atoms with E-state index >= 15 is 0 Å². The van der Waals surface area contributed by atoms with Gasteiger partial charge in [0.25, 0.3) is 0 Å². The molecule has 1 saturated carbocycles. The minimum Gasteiger partial charge on any atom is -0.477 e. The van der Waals surface area contributed by atoms with Crippen molar-refractivity contribution in [3.63, 3.8) is 0 Å². The van der Waals surface area contributed by atoms with E-state index in [1.807, 2.05) is 4.90 Å². The van der Waals surface area contributed by atoms with E-state index in [1.54, 1.807) is 4.57 Å². The molecule has 152 valence electrons. The second-order valence-corrected chi connectivity index (χ2v) is 7.51. The standard InChI is InChI=1S/C19H20ClFN2O3.CH5N/c20-15-16-12(9-14(21)17(15)22-7-3-1-2-4-8-22)18(24)13(19(25)26)10-23(16)11-5-6-11;1-2/h9-11H,1-8H2,(H,25,26);2H2,1H3. The third-order valence-corrected chi connectivity index (χ3v) is 5.63. The van der Waals surface area contributed by atoms with Crippen LogP contribution < -0.4 is 16.1 Å². The fourth-order valence-electron chi connectivity index (χ4n) is 3.81. The number of pyridine rings is 1. The molecule has 0 atom stereocenters. The largest absolute Gasteiger partial charge is 0.477 e. The van der Waals surface area contributed by atoms with Crippen LogP contribution in [-0.2, 0) is 0 Å². The minimum atomic E-state index is -1.31. The van der Waals surface area contributed by atoms with Crippen molar-refractivity contribution in [3.8, 4) is 0 Å². The Morgan fingerprint density at radius 2 is 1.82 bits per heavy atom. The second-order valence-electron chi connectivity index (χ2n) is 7.13. The number of carbonyl (C=O) groups is 1. The van der Waals surface area contributed by atoms with Crippen LogP contribution in [0.2, 0.25) is 5.02 Å². The van der Waals surface area contributed by atoms with Crippen LogP contribution >= 0.6 is 11.6 Å². The molecule has 0 unspecified atom stereocenters. The Kier molecular flexibility index (Phi) is 6.25. The Balaban J connectivity index is 0.00000109. The van der Waals surface area contributed by atoms with Gasteiger partial charge in [-0.3, -0.25) is 4.79 Å². The average molecular weight is 410 g/mol. The van der Waals surface area contributed by atoms with Crippen LogP contribution in [0.3, 0.4) is 0 Å². The van der Waals surface area contributed by atoms with Gasteiger partial charge >= 0.3 is 5.97 Å². The maximum absolute atomic E-state index is 14.9. The highest BCUT2D eigenvalue weighted by Crippen LogP contribution is 2.42. The molecule has 0 amide bonds. The number of fused-ring (bicyclic) bond motifs is 1. The van der Waals surface area contributed by atoms with Crippen molar-refractivity contribution in [1.82, 2.24) is 4.57 Å². The van der Waals surface area contributed by atoms with E-state index in [9.17, 15) is 19.1 Å². The van der Waals surface area contributed by atoms with Gasteiger partial charge < -0.3 is 20.3 Å². The monoisotopic (exact) mass is 409 g/mol. The maximum Gasteiger partial charge on any atom is 0.341 e. The van der Waals surface area contributed by atoms with Crippen LogP contribution in [0.1, 0.15) is 54.9 Å². The Bertz CT molecular complexity index is 948. The molecule has 0 bridgehead atoms. The molecule has 3 N–H and O–H groups in total. The molecule has 1 saturated heterocycles. The zero-order valence-corrected chi connectivity index (χ0v) is 16.6. The molecule has 8 heteroatoms. The van der Waals surface area contributed by atoms with Crippen molar-refractivity contribution in [2.45, 2.75) is 44.6 Å². The number of carboxylic acid groups (broad SMARTS) is 1. The predicted octanol–water partition coefficient (Wildman–Crippen LogP) is 3.78. The summed E-state index contributed by atoms with van der Waals surface area (Å²) < 4.78 is 16.7. The molecular formula is C20H25ClFN3O3. The van der Waals surface area contributed by atoms with Crippen LogP contribution in [0.4, 0.5) is 10.1 Å². The molecule has 1 aliphatic carbocycles. The summed E-state index contributed by atoms with van der Waals surface area (Å²) in [6.45, 7) is 1.45. The number of anilines is 1. The van der Waals surface area contributed by atoms with Gasteiger partial charge in [-0.05, 0) is 38.8 Å². The van der Waals surface area contributed by atoms with Gasteiger partial charge in [-0.1, -0.05) is 24.4 Å². The Morgan fingerprint density at radius 1 is 1.21 bits per heavy atom. The first-order valence-electron chi connectivity index (χ1n) is 9.62. The van der Waals surface area contributed by atoms with Crippen molar-refractivity contribution < 1.29 is 14.3 Å². The highest BCUT2D eigenvalue weighted by atomic mass is 35.5. The molecule has 2 aliphatic rings. The summed E-state index contributed by atoms with van der Waals surface area (Å²) in [5.74, 6) is -1.87. The van der Waals surface area contributed by atoms with E-state index in [0.717, 1.165) is 57.7 Å². The lowest BCUT2D eigenvalue weighted by Gasteiger charge is -2.26. The average Bonchev–Trinajstić information content (AvgIpc) is 3.51. The van der Waals surface area contributed by atoms with E-state index < -0.39 is 17.2 Å². The zero-order valence-electron chi connectivity index (χ0n) is 15.9.